The van der Waals surface area contributed by atoms with Gasteiger partial charge in [-0.2, -0.15) is 0 Å². The largest absolute Gasteiger partial charge is 0.463 e. The molecule has 2 aromatic rings. The summed E-state index contributed by atoms with van der Waals surface area (Å²) in [6, 6.07) is 10.9. The highest BCUT2D eigenvalue weighted by molar-refractivity contribution is 7.12. The van der Waals surface area contributed by atoms with Crippen LogP contribution in [0.15, 0.2) is 47.9 Å². The molecule has 0 saturated carbocycles. The maximum atomic E-state index is 12.4. The third-order valence-electron chi connectivity index (χ3n) is 4.65. The van der Waals surface area contributed by atoms with Gasteiger partial charge in [0.25, 0.3) is 5.91 Å². The number of carbonyl (C=O) groups is 3. The van der Waals surface area contributed by atoms with E-state index < -0.39 is 0 Å². The lowest BCUT2D eigenvalue weighted by Crippen LogP contribution is -2.50. The molecule has 1 aromatic carbocycles. The molecule has 3 rings (SSSR count). The zero-order chi connectivity index (χ0) is 21.3. The number of amides is 2. The molecule has 0 unspecified atom stereocenters. The van der Waals surface area contributed by atoms with Crippen molar-refractivity contribution in [2.75, 3.05) is 44.6 Å². The van der Waals surface area contributed by atoms with Gasteiger partial charge in [-0.05, 0) is 42.1 Å². The SMILES string of the molecule is CCOC(=O)/C=C/c1ccc(NC(=O)CN2CCN(C(=O)c3cccs3)CC2)cc1. The third kappa shape index (κ3) is 6.27. The van der Waals surface area contributed by atoms with Crippen LogP contribution in [0.4, 0.5) is 5.69 Å². The number of hydrogen-bond donors (Lipinski definition) is 1. The van der Waals surface area contributed by atoms with Crippen LogP contribution in [0.1, 0.15) is 22.2 Å². The molecule has 1 aliphatic heterocycles. The van der Waals surface area contributed by atoms with Gasteiger partial charge in [0.2, 0.25) is 5.91 Å². The van der Waals surface area contributed by atoms with Gasteiger partial charge in [-0.1, -0.05) is 18.2 Å². The summed E-state index contributed by atoms with van der Waals surface area (Å²) in [4.78, 5) is 40.7. The van der Waals surface area contributed by atoms with E-state index in [9.17, 15) is 14.4 Å². The first-order valence-electron chi connectivity index (χ1n) is 9.85. The zero-order valence-corrected chi connectivity index (χ0v) is 17.7. The van der Waals surface area contributed by atoms with E-state index in [2.05, 4.69) is 5.32 Å². The number of benzene rings is 1. The maximum Gasteiger partial charge on any atom is 0.330 e. The minimum atomic E-state index is -0.382. The van der Waals surface area contributed by atoms with Crippen molar-refractivity contribution in [1.82, 2.24) is 9.80 Å². The molecule has 8 heteroatoms. The molecule has 1 aliphatic rings. The molecule has 1 saturated heterocycles. The molecule has 0 atom stereocenters. The number of nitrogens with zero attached hydrogens (tertiary/aromatic N) is 2. The van der Waals surface area contributed by atoms with Gasteiger partial charge in [-0.25, -0.2) is 4.79 Å². The maximum absolute atomic E-state index is 12.4. The van der Waals surface area contributed by atoms with E-state index in [0.717, 1.165) is 10.4 Å². The molecule has 30 heavy (non-hydrogen) atoms. The summed E-state index contributed by atoms with van der Waals surface area (Å²) in [5.41, 5.74) is 1.53. The van der Waals surface area contributed by atoms with Crippen LogP contribution in [0.2, 0.25) is 0 Å². The highest BCUT2D eigenvalue weighted by atomic mass is 32.1. The smallest absolute Gasteiger partial charge is 0.330 e. The average Bonchev–Trinajstić information content (AvgIpc) is 3.28. The lowest BCUT2D eigenvalue weighted by Gasteiger charge is -2.34. The Bertz CT molecular complexity index is 886. The van der Waals surface area contributed by atoms with Gasteiger partial charge in [0.1, 0.15) is 0 Å². The second kappa shape index (κ2) is 10.7. The van der Waals surface area contributed by atoms with Crippen LogP contribution in [0.3, 0.4) is 0 Å². The minimum Gasteiger partial charge on any atom is -0.463 e. The molecule has 0 bridgehead atoms. The van der Waals surface area contributed by atoms with Crippen molar-refractivity contribution >= 4 is 40.9 Å². The van der Waals surface area contributed by atoms with E-state index in [1.54, 1.807) is 25.1 Å². The van der Waals surface area contributed by atoms with Crippen LogP contribution in [0, 0.1) is 0 Å². The number of rotatable bonds is 7. The summed E-state index contributed by atoms with van der Waals surface area (Å²) in [5, 5.41) is 4.78. The first kappa shape index (κ1) is 21.7. The number of carbonyl (C=O) groups excluding carboxylic acids is 3. The van der Waals surface area contributed by atoms with Gasteiger partial charge in [-0.15, -0.1) is 11.3 Å². The van der Waals surface area contributed by atoms with E-state index >= 15 is 0 Å². The molecule has 1 fully saturated rings. The Morgan fingerprint density at radius 1 is 1.10 bits per heavy atom. The van der Waals surface area contributed by atoms with E-state index in [1.165, 1.54) is 17.4 Å². The number of piperazine rings is 1. The Balaban J connectivity index is 1.42. The average molecular weight is 428 g/mol. The summed E-state index contributed by atoms with van der Waals surface area (Å²) in [5.74, 6) is -0.416. The Labute approximate surface area is 179 Å². The van der Waals surface area contributed by atoms with E-state index in [0.29, 0.717) is 38.5 Å². The molecule has 1 aromatic heterocycles. The number of ether oxygens (including phenoxy) is 1. The fraction of sp³-hybridized carbons (Fsp3) is 0.318. The summed E-state index contributed by atoms with van der Waals surface area (Å²) in [6.45, 7) is 4.95. The van der Waals surface area contributed by atoms with Crippen molar-refractivity contribution in [3.8, 4) is 0 Å². The molecule has 1 N–H and O–H groups in total. The molecule has 0 aliphatic carbocycles. The van der Waals surface area contributed by atoms with Gasteiger partial charge >= 0.3 is 5.97 Å². The van der Waals surface area contributed by atoms with Crippen LogP contribution < -0.4 is 5.32 Å². The lowest BCUT2D eigenvalue weighted by molar-refractivity contribution is -0.137. The van der Waals surface area contributed by atoms with Crippen LogP contribution >= 0.6 is 11.3 Å². The van der Waals surface area contributed by atoms with Crippen molar-refractivity contribution in [2.45, 2.75) is 6.92 Å². The Hall–Kier alpha value is -2.97. The highest BCUT2D eigenvalue weighted by Gasteiger charge is 2.23. The third-order valence-corrected chi connectivity index (χ3v) is 5.51. The fourth-order valence-corrected chi connectivity index (χ4v) is 3.79. The number of hydrogen-bond acceptors (Lipinski definition) is 6. The van der Waals surface area contributed by atoms with Gasteiger partial charge in [0.05, 0.1) is 18.0 Å². The van der Waals surface area contributed by atoms with E-state index in [4.69, 9.17) is 4.74 Å². The fourth-order valence-electron chi connectivity index (χ4n) is 3.10. The monoisotopic (exact) mass is 427 g/mol. The Morgan fingerprint density at radius 2 is 1.83 bits per heavy atom. The highest BCUT2D eigenvalue weighted by Crippen LogP contribution is 2.14. The topological polar surface area (TPSA) is 79.0 Å². The molecule has 0 radical (unpaired) electrons. The Kier molecular flexibility index (Phi) is 7.75. The predicted molar refractivity (Wildman–Crippen MR) is 117 cm³/mol. The standard InChI is InChI=1S/C22H25N3O4S/c1-2-29-21(27)10-7-17-5-8-18(9-6-17)23-20(26)16-24-11-13-25(14-12-24)22(28)19-4-3-15-30-19/h3-10,15H,2,11-14,16H2,1H3,(H,23,26)/b10-7+. The van der Waals surface area contributed by atoms with Crippen molar-refractivity contribution in [1.29, 1.82) is 0 Å². The Morgan fingerprint density at radius 3 is 2.47 bits per heavy atom. The van der Waals surface area contributed by atoms with Crippen LogP contribution in [-0.2, 0) is 14.3 Å². The molecule has 2 heterocycles. The van der Waals surface area contributed by atoms with Crippen LogP contribution in [0.25, 0.3) is 6.08 Å². The first-order chi connectivity index (χ1) is 14.5. The summed E-state index contributed by atoms with van der Waals surface area (Å²) < 4.78 is 4.84. The predicted octanol–water partition coefficient (Wildman–Crippen LogP) is 2.72. The van der Waals surface area contributed by atoms with Gasteiger partial charge < -0.3 is 15.0 Å². The molecule has 0 spiro atoms. The molecule has 7 nitrogen and oxygen atoms in total. The molecular weight excluding hydrogens is 402 g/mol. The summed E-state index contributed by atoms with van der Waals surface area (Å²) >= 11 is 1.45. The van der Waals surface area contributed by atoms with Crippen molar-refractivity contribution in [2.24, 2.45) is 0 Å². The summed E-state index contributed by atoms with van der Waals surface area (Å²) in [7, 11) is 0. The zero-order valence-electron chi connectivity index (χ0n) is 16.9. The van der Waals surface area contributed by atoms with E-state index in [-0.39, 0.29) is 24.3 Å². The molecular formula is C22H25N3O4S. The number of esters is 1. The van der Waals surface area contributed by atoms with Crippen molar-refractivity contribution in [3.63, 3.8) is 0 Å². The van der Waals surface area contributed by atoms with Crippen LogP contribution in [-0.4, -0.2) is 66.9 Å². The van der Waals surface area contributed by atoms with Gasteiger partial charge in [0, 0.05) is 37.9 Å². The van der Waals surface area contributed by atoms with Crippen LogP contribution in [0.5, 0.6) is 0 Å². The lowest BCUT2D eigenvalue weighted by atomic mass is 10.2. The van der Waals surface area contributed by atoms with Crippen molar-refractivity contribution in [3.05, 3.63) is 58.3 Å². The van der Waals surface area contributed by atoms with Gasteiger partial charge in [0.15, 0.2) is 0 Å². The van der Waals surface area contributed by atoms with Gasteiger partial charge in [-0.3, -0.25) is 14.5 Å². The second-order valence-corrected chi connectivity index (χ2v) is 7.75. The molecule has 2 amide bonds. The number of nitrogens with one attached hydrogen (secondary N) is 1. The quantitative estimate of drug-likeness (QED) is 0.543. The normalized spacial score (nSPS) is 14.6. The summed E-state index contributed by atoms with van der Waals surface area (Å²) in [6.07, 6.45) is 3.04. The molecule has 158 valence electrons. The van der Waals surface area contributed by atoms with Crippen molar-refractivity contribution < 1.29 is 19.1 Å². The number of thiophene rings is 1. The minimum absolute atomic E-state index is 0.0613. The first-order valence-corrected chi connectivity index (χ1v) is 10.7. The van der Waals surface area contributed by atoms with E-state index in [1.807, 2.05) is 39.4 Å². The second-order valence-electron chi connectivity index (χ2n) is 6.80. The number of anilines is 1.